The third-order valence-corrected chi connectivity index (χ3v) is 6.39. The van der Waals surface area contributed by atoms with E-state index in [1.165, 1.54) is 59.7 Å². The molecule has 28 heavy (non-hydrogen) atoms. The third kappa shape index (κ3) is 4.07. The molecule has 4 heteroatoms. The summed E-state index contributed by atoms with van der Waals surface area (Å²) in [5, 5.41) is 5.64. The fourth-order valence-electron chi connectivity index (χ4n) is 4.22. The lowest BCUT2D eigenvalue weighted by Crippen LogP contribution is -2.43. The molecule has 3 nitrogen and oxygen atoms in total. The number of para-hydroxylation sites is 1. The van der Waals surface area contributed by atoms with Crippen molar-refractivity contribution in [1.29, 1.82) is 0 Å². The highest BCUT2D eigenvalue weighted by Crippen LogP contribution is 2.27. The summed E-state index contributed by atoms with van der Waals surface area (Å²) >= 11 is 5.91. The maximum absolute atomic E-state index is 5.91. The average molecular weight is 392 g/mol. The summed E-state index contributed by atoms with van der Waals surface area (Å²) in [5.41, 5.74) is 6.17. The Labute approximate surface area is 173 Å². The van der Waals surface area contributed by atoms with Gasteiger partial charge < -0.3 is 15.2 Å². The van der Waals surface area contributed by atoms with Crippen LogP contribution in [0.25, 0.3) is 10.9 Å². The zero-order valence-electron chi connectivity index (χ0n) is 16.8. The first-order valence-electron chi connectivity index (χ1n) is 10.3. The molecule has 3 aromatic rings. The van der Waals surface area contributed by atoms with Crippen LogP contribution in [-0.2, 0) is 6.54 Å². The molecular formula is C24H29N3S. The molecule has 1 fully saturated rings. The van der Waals surface area contributed by atoms with Crippen LogP contribution in [0.1, 0.15) is 48.8 Å². The lowest BCUT2D eigenvalue weighted by Gasteiger charge is -2.36. The van der Waals surface area contributed by atoms with Crippen molar-refractivity contribution in [3.05, 3.63) is 65.4 Å². The van der Waals surface area contributed by atoms with Gasteiger partial charge in [-0.05, 0) is 73.8 Å². The number of hydrogen-bond donors (Lipinski definition) is 2. The van der Waals surface area contributed by atoms with Gasteiger partial charge in [-0.15, -0.1) is 0 Å². The molecule has 0 aliphatic heterocycles. The smallest absolute Gasteiger partial charge is 0.173 e. The Morgan fingerprint density at radius 1 is 1.07 bits per heavy atom. The van der Waals surface area contributed by atoms with Crippen molar-refractivity contribution < 1.29 is 0 Å². The summed E-state index contributed by atoms with van der Waals surface area (Å²) in [6.45, 7) is 5.13. The zero-order chi connectivity index (χ0) is 19.5. The molecule has 0 atom stereocenters. The summed E-state index contributed by atoms with van der Waals surface area (Å²) in [6, 6.07) is 15.5. The molecule has 0 radical (unpaired) electrons. The molecule has 1 saturated carbocycles. The summed E-state index contributed by atoms with van der Waals surface area (Å²) in [6.07, 6.45) is 8.50. The Kier molecular flexibility index (Phi) is 5.67. The lowest BCUT2D eigenvalue weighted by molar-refractivity contribution is 0.241. The van der Waals surface area contributed by atoms with Gasteiger partial charge in [-0.3, -0.25) is 0 Å². The van der Waals surface area contributed by atoms with E-state index in [9.17, 15) is 0 Å². The molecule has 1 aliphatic carbocycles. The van der Waals surface area contributed by atoms with Gasteiger partial charge in [-0.1, -0.05) is 43.5 Å². The molecule has 0 saturated heterocycles. The topological polar surface area (TPSA) is 31.1 Å². The molecule has 146 valence electrons. The van der Waals surface area contributed by atoms with E-state index in [0.717, 1.165) is 17.3 Å². The Balaban J connectivity index is 1.59. The van der Waals surface area contributed by atoms with Crippen molar-refractivity contribution in [3.63, 3.8) is 0 Å². The quantitative estimate of drug-likeness (QED) is 0.511. The van der Waals surface area contributed by atoms with E-state index in [1.54, 1.807) is 0 Å². The molecule has 1 heterocycles. The minimum Gasteiger partial charge on any atom is -0.361 e. The Bertz CT molecular complexity index is 969. The molecule has 4 rings (SSSR count). The van der Waals surface area contributed by atoms with Gasteiger partial charge in [0.25, 0.3) is 0 Å². The first-order chi connectivity index (χ1) is 13.6. The minimum atomic E-state index is 0.508. The van der Waals surface area contributed by atoms with E-state index in [-0.39, 0.29) is 0 Å². The van der Waals surface area contributed by atoms with Crippen LogP contribution in [0, 0.1) is 13.8 Å². The number of thiocarbonyl (C=S) groups is 1. The molecule has 0 unspecified atom stereocenters. The molecule has 0 spiro atoms. The largest absolute Gasteiger partial charge is 0.361 e. The number of nitrogens with one attached hydrogen (secondary N) is 2. The maximum Gasteiger partial charge on any atom is 0.173 e. The number of rotatable bonds is 4. The van der Waals surface area contributed by atoms with Crippen molar-refractivity contribution in [2.45, 2.75) is 58.5 Å². The van der Waals surface area contributed by atoms with E-state index in [4.69, 9.17) is 12.2 Å². The van der Waals surface area contributed by atoms with Crippen LogP contribution in [0.4, 0.5) is 5.69 Å². The second-order valence-electron chi connectivity index (χ2n) is 8.01. The summed E-state index contributed by atoms with van der Waals surface area (Å²) < 4.78 is 0. The van der Waals surface area contributed by atoms with Crippen molar-refractivity contribution in [1.82, 2.24) is 9.88 Å². The number of anilines is 1. The highest BCUT2D eigenvalue weighted by molar-refractivity contribution is 7.80. The van der Waals surface area contributed by atoms with Gasteiger partial charge in [0.2, 0.25) is 0 Å². The summed E-state index contributed by atoms with van der Waals surface area (Å²) in [5.74, 6) is 0. The second kappa shape index (κ2) is 8.36. The Morgan fingerprint density at radius 3 is 2.64 bits per heavy atom. The predicted molar refractivity (Wildman–Crippen MR) is 123 cm³/mol. The number of H-pyrrole nitrogens is 1. The van der Waals surface area contributed by atoms with E-state index >= 15 is 0 Å². The van der Waals surface area contributed by atoms with Crippen molar-refractivity contribution in [3.8, 4) is 0 Å². The highest BCUT2D eigenvalue weighted by Gasteiger charge is 2.24. The van der Waals surface area contributed by atoms with E-state index < -0.39 is 0 Å². The van der Waals surface area contributed by atoms with E-state index in [0.29, 0.717) is 6.04 Å². The lowest BCUT2D eigenvalue weighted by atomic mass is 9.94. The average Bonchev–Trinajstić information content (AvgIpc) is 3.12. The highest BCUT2D eigenvalue weighted by atomic mass is 32.1. The number of benzene rings is 2. The van der Waals surface area contributed by atoms with Crippen molar-refractivity contribution in [2.75, 3.05) is 5.32 Å². The summed E-state index contributed by atoms with van der Waals surface area (Å²) in [4.78, 5) is 5.82. The van der Waals surface area contributed by atoms with Gasteiger partial charge in [0.1, 0.15) is 0 Å². The fourth-order valence-corrected chi connectivity index (χ4v) is 4.55. The van der Waals surface area contributed by atoms with Gasteiger partial charge >= 0.3 is 0 Å². The molecule has 1 aliphatic rings. The Morgan fingerprint density at radius 2 is 1.86 bits per heavy atom. The molecule has 1 aromatic heterocycles. The van der Waals surface area contributed by atoms with Crippen LogP contribution in [0.15, 0.2) is 48.7 Å². The third-order valence-electron chi connectivity index (χ3n) is 6.05. The van der Waals surface area contributed by atoms with Gasteiger partial charge in [-0.25, -0.2) is 0 Å². The van der Waals surface area contributed by atoms with Gasteiger partial charge in [0.15, 0.2) is 5.11 Å². The van der Waals surface area contributed by atoms with Crippen LogP contribution in [0.3, 0.4) is 0 Å². The van der Waals surface area contributed by atoms with E-state index in [1.807, 2.05) is 0 Å². The van der Waals surface area contributed by atoms with Gasteiger partial charge in [-0.2, -0.15) is 0 Å². The number of aryl methyl sites for hydroxylation is 2. The van der Waals surface area contributed by atoms with Crippen LogP contribution in [0.2, 0.25) is 0 Å². The first kappa shape index (κ1) is 19.0. The molecular weight excluding hydrogens is 362 g/mol. The first-order valence-corrected chi connectivity index (χ1v) is 10.7. The van der Waals surface area contributed by atoms with Crippen LogP contribution >= 0.6 is 12.2 Å². The number of aromatic nitrogens is 1. The van der Waals surface area contributed by atoms with Crippen LogP contribution < -0.4 is 5.32 Å². The number of nitrogens with zero attached hydrogens (tertiary/aromatic N) is 1. The summed E-state index contributed by atoms with van der Waals surface area (Å²) in [7, 11) is 0. The minimum absolute atomic E-state index is 0.508. The second-order valence-corrected chi connectivity index (χ2v) is 8.40. The van der Waals surface area contributed by atoms with Gasteiger partial charge in [0, 0.05) is 35.4 Å². The van der Waals surface area contributed by atoms with Gasteiger partial charge in [0.05, 0.1) is 0 Å². The molecule has 2 N–H and O–H groups in total. The zero-order valence-corrected chi connectivity index (χ0v) is 17.6. The number of aromatic amines is 1. The van der Waals surface area contributed by atoms with Crippen LogP contribution in [0.5, 0.6) is 0 Å². The van der Waals surface area contributed by atoms with Crippen molar-refractivity contribution >= 4 is 33.9 Å². The van der Waals surface area contributed by atoms with Crippen molar-refractivity contribution in [2.24, 2.45) is 0 Å². The monoisotopic (exact) mass is 391 g/mol. The normalized spacial score (nSPS) is 14.9. The molecule has 0 amide bonds. The molecule has 0 bridgehead atoms. The number of hydrogen-bond acceptors (Lipinski definition) is 1. The van der Waals surface area contributed by atoms with E-state index in [2.05, 4.69) is 77.7 Å². The maximum atomic E-state index is 5.91. The SMILES string of the molecule is Cc1ccc(NC(=S)N(Cc2c[nH]c3ccccc23)C2CCCCC2)cc1C. The predicted octanol–water partition coefficient (Wildman–Crippen LogP) is 6.32. The fraction of sp³-hybridized carbons (Fsp3) is 0.375. The standard InChI is InChI=1S/C24H29N3S/c1-17-12-13-20(14-18(17)2)26-24(28)27(21-8-4-3-5-9-21)16-19-15-25-23-11-7-6-10-22(19)23/h6-7,10-15,21,25H,3-5,8-9,16H2,1-2H3,(H,26,28). The molecule has 2 aromatic carbocycles. The number of fused-ring (bicyclic) bond motifs is 1. The Hall–Kier alpha value is -2.33. The van der Waals surface area contributed by atoms with Crippen LogP contribution in [-0.4, -0.2) is 21.0 Å².